The summed E-state index contributed by atoms with van der Waals surface area (Å²) < 4.78 is 1.74. The molecular weight excluding hydrogens is 254 g/mol. The number of aromatic nitrogens is 2. The molecule has 2 aliphatic rings. The Bertz CT molecular complexity index is 499. The van der Waals surface area contributed by atoms with Crippen molar-refractivity contribution in [3.63, 3.8) is 0 Å². The van der Waals surface area contributed by atoms with Gasteiger partial charge in [-0.3, -0.25) is 9.48 Å². The molecule has 1 saturated carbocycles. The molecule has 2 heterocycles. The summed E-state index contributed by atoms with van der Waals surface area (Å²) in [6.45, 7) is 4.18. The van der Waals surface area contributed by atoms with Gasteiger partial charge in [0.1, 0.15) is 5.69 Å². The van der Waals surface area contributed by atoms with Crippen molar-refractivity contribution >= 4 is 5.91 Å². The van der Waals surface area contributed by atoms with Gasteiger partial charge in [0.25, 0.3) is 5.91 Å². The molecule has 0 bridgehead atoms. The maximum absolute atomic E-state index is 12.7. The van der Waals surface area contributed by atoms with Crippen LogP contribution in [0.5, 0.6) is 0 Å². The molecular formula is C15H23N3O2. The van der Waals surface area contributed by atoms with Crippen molar-refractivity contribution in [2.45, 2.75) is 51.7 Å². The fraction of sp³-hybridized carbons (Fsp3) is 0.733. The van der Waals surface area contributed by atoms with Crippen molar-refractivity contribution in [1.82, 2.24) is 14.7 Å². The van der Waals surface area contributed by atoms with E-state index in [9.17, 15) is 9.90 Å². The van der Waals surface area contributed by atoms with Crippen LogP contribution in [0.3, 0.4) is 0 Å². The Morgan fingerprint density at radius 1 is 1.50 bits per heavy atom. The van der Waals surface area contributed by atoms with Gasteiger partial charge in [0.2, 0.25) is 0 Å². The van der Waals surface area contributed by atoms with Crippen LogP contribution in [0.2, 0.25) is 0 Å². The standard InChI is InChI=1S/C15H23N3O2/c1-2-18-12(6-9-16-18)14(20)17-10-4-8-15(11-17)7-3-5-13(15)19/h6,9,13,19H,2-5,7-8,10-11H2,1H3/t13-,15+/m1/s1. The zero-order valence-electron chi connectivity index (χ0n) is 12.1. The molecule has 1 saturated heterocycles. The van der Waals surface area contributed by atoms with E-state index in [0.717, 1.165) is 38.6 Å². The number of aliphatic hydroxyl groups excluding tert-OH is 1. The van der Waals surface area contributed by atoms with Gasteiger partial charge < -0.3 is 10.0 Å². The topological polar surface area (TPSA) is 58.4 Å². The highest BCUT2D eigenvalue weighted by Crippen LogP contribution is 2.45. The van der Waals surface area contributed by atoms with Gasteiger partial charge in [0.05, 0.1) is 6.10 Å². The first-order valence-electron chi connectivity index (χ1n) is 7.65. The maximum atomic E-state index is 12.7. The second-order valence-electron chi connectivity index (χ2n) is 6.13. The normalized spacial score (nSPS) is 30.1. The molecule has 1 amide bonds. The predicted molar refractivity (Wildman–Crippen MR) is 75.3 cm³/mol. The van der Waals surface area contributed by atoms with Crippen molar-refractivity contribution in [2.75, 3.05) is 13.1 Å². The lowest BCUT2D eigenvalue weighted by Gasteiger charge is -2.42. The molecule has 1 aliphatic heterocycles. The lowest BCUT2D eigenvalue weighted by atomic mass is 9.76. The summed E-state index contributed by atoms with van der Waals surface area (Å²) in [5, 5.41) is 14.5. The predicted octanol–water partition coefficient (Wildman–Crippen LogP) is 1.67. The third-order valence-electron chi connectivity index (χ3n) is 4.99. The minimum absolute atomic E-state index is 0.0506. The van der Waals surface area contributed by atoms with Gasteiger partial charge >= 0.3 is 0 Å². The van der Waals surface area contributed by atoms with Gasteiger partial charge in [0.15, 0.2) is 0 Å². The Morgan fingerprint density at radius 2 is 2.30 bits per heavy atom. The number of likely N-dealkylation sites (tertiary alicyclic amines) is 1. The number of nitrogens with zero attached hydrogens (tertiary/aromatic N) is 3. The van der Waals surface area contributed by atoms with Crippen molar-refractivity contribution < 1.29 is 9.90 Å². The third kappa shape index (κ3) is 2.14. The van der Waals surface area contributed by atoms with E-state index in [0.29, 0.717) is 18.8 Å². The highest BCUT2D eigenvalue weighted by atomic mass is 16.3. The minimum Gasteiger partial charge on any atom is -0.392 e. The van der Waals surface area contributed by atoms with Gasteiger partial charge in [0, 0.05) is 31.2 Å². The summed E-state index contributed by atoms with van der Waals surface area (Å²) in [5.41, 5.74) is 0.613. The monoisotopic (exact) mass is 277 g/mol. The molecule has 1 spiro atoms. The summed E-state index contributed by atoms with van der Waals surface area (Å²) in [4.78, 5) is 14.6. The van der Waals surface area contributed by atoms with E-state index in [1.807, 2.05) is 11.8 Å². The van der Waals surface area contributed by atoms with Gasteiger partial charge in [-0.2, -0.15) is 5.10 Å². The molecule has 3 rings (SSSR count). The van der Waals surface area contributed by atoms with Crippen molar-refractivity contribution in [2.24, 2.45) is 5.41 Å². The van der Waals surface area contributed by atoms with Crippen LogP contribution in [0, 0.1) is 5.41 Å². The molecule has 1 aliphatic carbocycles. The van der Waals surface area contributed by atoms with Crippen LogP contribution < -0.4 is 0 Å². The Hall–Kier alpha value is -1.36. The van der Waals surface area contributed by atoms with Crippen LogP contribution in [0.25, 0.3) is 0 Å². The summed E-state index contributed by atoms with van der Waals surface area (Å²) in [7, 11) is 0. The average molecular weight is 277 g/mol. The quantitative estimate of drug-likeness (QED) is 0.894. The minimum atomic E-state index is -0.241. The second-order valence-corrected chi connectivity index (χ2v) is 6.13. The SMILES string of the molecule is CCn1nccc1C(=O)N1CCC[C@@]2(CCC[C@H]2O)C1. The number of amides is 1. The third-order valence-corrected chi connectivity index (χ3v) is 4.99. The van der Waals surface area contributed by atoms with Crippen LogP contribution in [-0.2, 0) is 6.54 Å². The molecule has 20 heavy (non-hydrogen) atoms. The highest BCUT2D eigenvalue weighted by molar-refractivity contribution is 5.92. The first-order chi connectivity index (χ1) is 9.66. The molecule has 0 unspecified atom stereocenters. The molecule has 0 aromatic carbocycles. The number of aryl methyl sites for hydroxylation is 1. The van der Waals surface area contributed by atoms with Crippen LogP contribution in [-0.4, -0.2) is 44.9 Å². The largest absolute Gasteiger partial charge is 0.392 e. The Kier molecular flexibility index (Phi) is 3.54. The molecule has 1 aromatic rings. The van der Waals surface area contributed by atoms with Crippen LogP contribution in [0.15, 0.2) is 12.3 Å². The fourth-order valence-electron chi connectivity index (χ4n) is 3.86. The summed E-state index contributed by atoms with van der Waals surface area (Å²) in [6, 6.07) is 1.79. The van der Waals surface area contributed by atoms with Crippen LogP contribution in [0.4, 0.5) is 0 Å². The average Bonchev–Trinajstić information content (AvgIpc) is 3.06. The van der Waals surface area contributed by atoms with Crippen LogP contribution >= 0.6 is 0 Å². The Balaban J connectivity index is 1.79. The number of hydrogen-bond donors (Lipinski definition) is 1. The van der Waals surface area contributed by atoms with Gasteiger partial charge in [-0.05, 0) is 38.7 Å². The second kappa shape index (κ2) is 5.20. The molecule has 110 valence electrons. The molecule has 5 heteroatoms. The van der Waals surface area contributed by atoms with E-state index in [2.05, 4.69) is 5.10 Å². The van der Waals surface area contributed by atoms with Crippen molar-refractivity contribution in [3.8, 4) is 0 Å². The molecule has 5 nitrogen and oxygen atoms in total. The summed E-state index contributed by atoms with van der Waals surface area (Å²) in [6.07, 6.45) is 6.49. The number of aliphatic hydroxyl groups is 1. The van der Waals surface area contributed by atoms with E-state index >= 15 is 0 Å². The Morgan fingerprint density at radius 3 is 3.00 bits per heavy atom. The maximum Gasteiger partial charge on any atom is 0.272 e. The number of carbonyl (C=O) groups excluding carboxylic acids is 1. The van der Waals surface area contributed by atoms with Gasteiger partial charge in [-0.1, -0.05) is 6.42 Å². The molecule has 1 aromatic heterocycles. The summed E-state index contributed by atoms with van der Waals surface area (Å²) in [5.74, 6) is 0.0579. The van der Waals surface area contributed by atoms with E-state index in [1.165, 1.54) is 0 Å². The van der Waals surface area contributed by atoms with E-state index in [1.54, 1.807) is 16.9 Å². The van der Waals surface area contributed by atoms with Gasteiger partial charge in [-0.15, -0.1) is 0 Å². The molecule has 0 radical (unpaired) electrons. The summed E-state index contributed by atoms with van der Waals surface area (Å²) >= 11 is 0. The van der Waals surface area contributed by atoms with Crippen LogP contribution in [0.1, 0.15) is 49.5 Å². The fourth-order valence-corrected chi connectivity index (χ4v) is 3.86. The molecule has 2 fully saturated rings. The highest BCUT2D eigenvalue weighted by Gasteiger charge is 2.45. The number of rotatable bonds is 2. The van der Waals surface area contributed by atoms with E-state index < -0.39 is 0 Å². The zero-order chi connectivity index (χ0) is 14.2. The van der Waals surface area contributed by atoms with E-state index in [-0.39, 0.29) is 17.4 Å². The lowest BCUT2D eigenvalue weighted by Crippen LogP contribution is -2.49. The smallest absolute Gasteiger partial charge is 0.272 e. The number of piperidine rings is 1. The van der Waals surface area contributed by atoms with Gasteiger partial charge in [-0.25, -0.2) is 0 Å². The van der Waals surface area contributed by atoms with E-state index in [4.69, 9.17) is 0 Å². The first-order valence-corrected chi connectivity index (χ1v) is 7.65. The number of carbonyl (C=O) groups is 1. The molecule has 1 N–H and O–H groups in total. The number of hydrogen-bond acceptors (Lipinski definition) is 3. The van der Waals surface area contributed by atoms with Crippen molar-refractivity contribution in [3.05, 3.63) is 18.0 Å². The Labute approximate surface area is 119 Å². The first kappa shape index (κ1) is 13.6. The molecule has 2 atom stereocenters. The lowest BCUT2D eigenvalue weighted by molar-refractivity contribution is -0.00574. The van der Waals surface area contributed by atoms with Crippen molar-refractivity contribution in [1.29, 1.82) is 0 Å². The zero-order valence-corrected chi connectivity index (χ0v) is 12.1.